The van der Waals surface area contributed by atoms with Crippen molar-refractivity contribution in [2.75, 3.05) is 20.3 Å². The zero-order valence-electron chi connectivity index (χ0n) is 19.9. The number of hydrogen-bond donors (Lipinski definition) is 3. The largest absolute Gasteiger partial charge is 0.481 e. The third-order valence-electron chi connectivity index (χ3n) is 7.01. The lowest BCUT2D eigenvalue weighted by Gasteiger charge is -2.25. The van der Waals surface area contributed by atoms with Crippen molar-refractivity contribution < 1.29 is 29.0 Å². The molecule has 2 aromatic carbocycles. The quantitative estimate of drug-likeness (QED) is 0.497. The van der Waals surface area contributed by atoms with Gasteiger partial charge in [-0.3, -0.25) is 9.59 Å². The standard InChI is InChI=1S/C27H32N2O6/c1-34-24(25(30)29-23-14-4-2-3-13-21(23)26(31)32)15-28-27(33)35-16-22-19-11-7-5-9-17(19)18-10-6-8-12-20(18)22/h5-12,21-24H,2-4,13-16H2,1H3,(H,28,33)(H,29,30)(H,31,32)/t21-,23+,24?/m0/s1. The van der Waals surface area contributed by atoms with E-state index in [1.807, 2.05) is 36.4 Å². The summed E-state index contributed by atoms with van der Waals surface area (Å²) < 4.78 is 10.8. The zero-order valence-corrected chi connectivity index (χ0v) is 19.9. The van der Waals surface area contributed by atoms with Crippen molar-refractivity contribution in [3.8, 4) is 11.1 Å². The molecular formula is C27H32N2O6. The lowest BCUT2D eigenvalue weighted by molar-refractivity contribution is -0.143. The van der Waals surface area contributed by atoms with Gasteiger partial charge in [0.2, 0.25) is 0 Å². The molecule has 2 aromatic rings. The number of alkyl carbamates (subject to hydrolysis) is 1. The van der Waals surface area contributed by atoms with Gasteiger partial charge >= 0.3 is 12.1 Å². The summed E-state index contributed by atoms with van der Waals surface area (Å²) in [5.74, 6) is -2.01. The van der Waals surface area contributed by atoms with Crippen LogP contribution in [0.4, 0.5) is 4.79 Å². The van der Waals surface area contributed by atoms with Crippen LogP contribution in [0.25, 0.3) is 11.1 Å². The van der Waals surface area contributed by atoms with Crippen LogP contribution in [0.15, 0.2) is 48.5 Å². The van der Waals surface area contributed by atoms with E-state index >= 15 is 0 Å². The van der Waals surface area contributed by atoms with Gasteiger partial charge in [0, 0.05) is 19.1 Å². The molecule has 2 aliphatic rings. The molecule has 3 atom stereocenters. The lowest BCUT2D eigenvalue weighted by atomic mass is 9.94. The SMILES string of the molecule is COC(CNC(=O)OCC1c2ccccc2-c2ccccc21)C(=O)N[C@@H]1CCCCC[C@@H]1C(=O)O. The summed E-state index contributed by atoms with van der Waals surface area (Å²) in [5.41, 5.74) is 4.52. The Morgan fingerprint density at radius 3 is 2.23 bits per heavy atom. The van der Waals surface area contributed by atoms with Gasteiger partial charge in [0.25, 0.3) is 5.91 Å². The third kappa shape index (κ3) is 5.65. The van der Waals surface area contributed by atoms with Crippen LogP contribution in [0, 0.1) is 5.92 Å². The Balaban J connectivity index is 1.31. The summed E-state index contributed by atoms with van der Waals surface area (Å²) in [7, 11) is 1.38. The minimum absolute atomic E-state index is 0.0575. The Morgan fingerprint density at radius 1 is 0.971 bits per heavy atom. The van der Waals surface area contributed by atoms with Crippen LogP contribution in [0.3, 0.4) is 0 Å². The molecule has 35 heavy (non-hydrogen) atoms. The molecule has 1 saturated carbocycles. The van der Waals surface area contributed by atoms with E-state index in [0.29, 0.717) is 12.8 Å². The number of hydrogen-bond acceptors (Lipinski definition) is 5. The number of fused-ring (bicyclic) bond motifs is 3. The van der Waals surface area contributed by atoms with E-state index in [1.165, 1.54) is 7.11 Å². The van der Waals surface area contributed by atoms with Crippen LogP contribution < -0.4 is 10.6 Å². The fourth-order valence-electron chi connectivity index (χ4n) is 5.16. The molecule has 0 spiro atoms. The molecule has 2 amide bonds. The Labute approximate surface area is 205 Å². The monoisotopic (exact) mass is 480 g/mol. The van der Waals surface area contributed by atoms with Crippen molar-refractivity contribution in [3.63, 3.8) is 0 Å². The number of aliphatic carboxylic acids is 1. The maximum Gasteiger partial charge on any atom is 0.407 e. The molecule has 8 nitrogen and oxygen atoms in total. The number of carbonyl (C=O) groups is 3. The Bertz CT molecular complexity index is 1030. The number of carboxylic acids is 1. The second-order valence-corrected chi connectivity index (χ2v) is 9.13. The number of ether oxygens (including phenoxy) is 2. The number of amides is 2. The Hall–Kier alpha value is -3.39. The first-order valence-corrected chi connectivity index (χ1v) is 12.1. The molecule has 186 valence electrons. The van der Waals surface area contributed by atoms with Crippen molar-refractivity contribution in [2.45, 2.75) is 50.2 Å². The Morgan fingerprint density at radius 2 is 1.60 bits per heavy atom. The molecule has 4 rings (SSSR count). The zero-order chi connectivity index (χ0) is 24.8. The fourth-order valence-corrected chi connectivity index (χ4v) is 5.16. The van der Waals surface area contributed by atoms with Crippen LogP contribution in [0.5, 0.6) is 0 Å². The highest BCUT2D eigenvalue weighted by molar-refractivity contribution is 5.83. The maximum absolute atomic E-state index is 12.8. The predicted octanol–water partition coefficient (Wildman–Crippen LogP) is 3.69. The van der Waals surface area contributed by atoms with E-state index < -0.39 is 36.0 Å². The number of rotatable bonds is 8. The van der Waals surface area contributed by atoms with E-state index in [-0.39, 0.29) is 19.1 Å². The minimum Gasteiger partial charge on any atom is -0.481 e. The van der Waals surface area contributed by atoms with E-state index in [2.05, 4.69) is 22.8 Å². The first-order chi connectivity index (χ1) is 17.0. The van der Waals surface area contributed by atoms with Gasteiger partial charge < -0.3 is 25.2 Å². The summed E-state index contributed by atoms with van der Waals surface area (Å²) in [6.07, 6.45) is 2.21. The molecule has 0 aromatic heterocycles. The van der Waals surface area contributed by atoms with Crippen molar-refractivity contribution in [2.24, 2.45) is 5.92 Å². The molecule has 0 radical (unpaired) electrons. The summed E-state index contributed by atoms with van der Waals surface area (Å²) >= 11 is 0. The summed E-state index contributed by atoms with van der Waals surface area (Å²) in [5, 5.41) is 15.0. The number of methoxy groups -OCH3 is 1. The molecular weight excluding hydrogens is 448 g/mol. The summed E-state index contributed by atoms with van der Waals surface area (Å²) in [6.45, 7) is 0.0928. The van der Waals surface area contributed by atoms with Crippen LogP contribution in [-0.4, -0.2) is 55.5 Å². The first kappa shape index (κ1) is 24.7. The van der Waals surface area contributed by atoms with Crippen LogP contribution >= 0.6 is 0 Å². The van der Waals surface area contributed by atoms with Gasteiger partial charge in [-0.25, -0.2) is 4.79 Å². The fraction of sp³-hybridized carbons (Fsp3) is 0.444. The van der Waals surface area contributed by atoms with Crippen LogP contribution in [0.1, 0.15) is 49.1 Å². The van der Waals surface area contributed by atoms with Gasteiger partial charge in [0.05, 0.1) is 12.5 Å². The Kier molecular flexibility index (Phi) is 8.02. The van der Waals surface area contributed by atoms with Crippen LogP contribution in [-0.2, 0) is 19.1 Å². The summed E-state index contributed by atoms with van der Waals surface area (Å²) in [6, 6.07) is 15.7. The highest BCUT2D eigenvalue weighted by Gasteiger charge is 2.33. The van der Waals surface area contributed by atoms with Crippen molar-refractivity contribution in [1.29, 1.82) is 0 Å². The highest BCUT2D eigenvalue weighted by atomic mass is 16.5. The second kappa shape index (κ2) is 11.4. The molecule has 0 aliphatic heterocycles. The molecule has 1 unspecified atom stereocenters. The van der Waals surface area contributed by atoms with E-state index in [1.54, 1.807) is 0 Å². The van der Waals surface area contributed by atoms with E-state index in [4.69, 9.17) is 9.47 Å². The molecule has 2 aliphatic carbocycles. The molecule has 8 heteroatoms. The average Bonchev–Trinajstić information content (AvgIpc) is 2.99. The van der Waals surface area contributed by atoms with E-state index in [9.17, 15) is 19.5 Å². The van der Waals surface area contributed by atoms with Crippen molar-refractivity contribution >= 4 is 18.0 Å². The average molecular weight is 481 g/mol. The van der Waals surface area contributed by atoms with Gasteiger partial charge in [0.1, 0.15) is 6.61 Å². The smallest absolute Gasteiger partial charge is 0.407 e. The van der Waals surface area contributed by atoms with Gasteiger partial charge in [0.15, 0.2) is 6.10 Å². The molecule has 0 bridgehead atoms. The first-order valence-electron chi connectivity index (χ1n) is 12.1. The molecule has 3 N–H and O–H groups in total. The topological polar surface area (TPSA) is 114 Å². The number of carboxylic acid groups (broad SMARTS) is 1. The summed E-state index contributed by atoms with van der Waals surface area (Å²) in [4.78, 5) is 36.8. The molecule has 0 heterocycles. The normalized spacial score (nSPS) is 20.1. The number of nitrogens with one attached hydrogen (secondary N) is 2. The maximum atomic E-state index is 12.8. The van der Waals surface area contributed by atoms with Crippen molar-refractivity contribution in [3.05, 3.63) is 59.7 Å². The third-order valence-corrected chi connectivity index (χ3v) is 7.01. The van der Waals surface area contributed by atoms with Crippen molar-refractivity contribution in [1.82, 2.24) is 10.6 Å². The lowest BCUT2D eigenvalue weighted by Crippen LogP contribution is -2.50. The minimum atomic E-state index is -0.951. The predicted molar refractivity (Wildman–Crippen MR) is 130 cm³/mol. The second-order valence-electron chi connectivity index (χ2n) is 9.13. The number of benzene rings is 2. The van der Waals surface area contributed by atoms with Gasteiger partial charge in [-0.1, -0.05) is 67.8 Å². The number of carbonyl (C=O) groups excluding carboxylic acids is 2. The van der Waals surface area contributed by atoms with Gasteiger partial charge in [-0.15, -0.1) is 0 Å². The van der Waals surface area contributed by atoms with Gasteiger partial charge in [-0.05, 0) is 35.1 Å². The molecule has 1 fully saturated rings. The van der Waals surface area contributed by atoms with Gasteiger partial charge in [-0.2, -0.15) is 0 Å². The molecule has 0 saturated heterocycles. The van der Waals surface area contributed by atoms with E-state index in [0.717, 1.165) is 41.5 Å². The van der Waals surface area contributed by atoms with Crippen LogP contribution in [0.2, 0.25) is 0 Å². The highest BCUT2D eigenvalue weighted by Crippen LogP contribution is 2.44.